The predicted molar refractivity (Wildman–Crippen MR) is 83.6 cm³/mol. The lowest BCUT2D eigenvalue weighted by Crippen LogP contribution is -2.46. The molecule has 1 fully saturated rings. The number of furan rings is 1. The SMILES string of the molecule is O=C(O)[C@@H]1CCC(=O)N(CCc2ccccc2F)[C@@H]1c1ccco1. The first-order valence-corrected chi connectivity index (χ1v) is 7.87. The summed E-state index contributed by atoms with van der Waals surface area (Å²) in [5, 5.41) is 9.50. The summed E-state index contributed by atoms with van der Waals surface area (Å²) in [6.07, 6.45) is 2.23. The number of rotatable bonds is 5. The molecule has 0 bridgehead atoms. The van der Waals surface area contributed by atoms with Crippen LogP contribution in [0.3, 0.4) is 0 Å². The van der Waals surface area contributed by atoms with Gasteiger partial charge >= 0.3 is 5.97 Å². The average molecular weight is 331 g/mol. The van der Waals surface area contributed by atoms with Crippen LogP contribution in [-0.4, -0.2) is 28.4 Å². The fourth-order valence-electron chi connectivity index (χ4n) is 3.23. The van der Waals surface area contributed by atoms with Crippen LogP contribution in [-0.2, 0) is 16.0 Å². The van der Waals surface area contributed by atoms with Gasteiger partial charge in [0.15, 0.2) is 0 Å². The van der Waals surface area contributed by atoms with Crippen molar-refractivity contribution in [2.24, 2.45) is 5.92 Å². The zero-order chi connectivity index (χ0) is 17.1. The van der Waals surface area contributed by atoms with Crippen molar-refractivity contribution in [3.63, 3.8) is 0 Å². The van der Waals surface area contributed by atoms with Gasteiger partial charge in [-0.25, -0.2) is 4.39 Å². The Morgan fingerprint density at radius 1 is 1.29 bits per heavy atom. The molecule has 1 aromatic heterocycles. The molecule has 2 atom stereocenters. The second-order valence-corrected chi connectivity index (χ2v) is 5.87. The number of benzene rings is 1. The second kappa shape index (κ2) is 6.86. The lowest BCUT2D eigenvalue weighted by molar-refractivity contribution is -0.152. The summed E-state index contributed by atoms with van der Waals surface area (Å²) < 4.78 is 19.2. The van der Waals surface area contributed by atoms with Gasteiger partial charge in [-0.15, -0.1) is 0 Å². The average Bonchev–Trinajstić information content (AvgIpc) is 3.08. The molecule has 2 heterocycles. The summed E-state index contributed by atoms with van der Waals surface area (Å²) in [6, 6.07) is 9.07. The maximum atomic E-state index is 13.8. The molecule has 2 aromatic rings. The zero-order valence-electron chi connectivity index (χ0n) is 13.0. The Hall–Kier alpha value is -2.63. The molecule has 0 radical (unpaired) electrons. The molecule has 3 rings (SSSR count). The molecule has 6 heteroatoms. The quantitative estimate of drug-likeness (QED) is 0.914. The number of likely N-dealkylation sites (tertiary alicyclic amines) is 1. The fourth-order valence-corrected chi connectivity index (χ4v) is 3.23. The minimum absolute atomic E-state index is 0.134. The molecule has 1 amide bonds. The summed E-state index contributed by atoms with van der Waals surface area (Å²) in [5.74, 6) is -1.70. The largest absolute Gasteiger partial charge is 0.481 e. The van der Waals surface area contributed by atoms with Gasteiger partial charge in [0.2, 0.25) is 5.91 Å². The maximum Gasteiger partial charge on any atom is 0.309 e. The Kier molecular flexibility index (Phi) is 4.64. The number of carbonyl (C=O) groups is 2. The summed E-state index contributed by atoms with van der Waals surface area (Å²) in [7, 11) is 0. The third-order valence-corrected chi connectivity index (χ3v) is 4.44. The highest BCUT2D eigenvalue weighted by molar-refractivity contribution is 5.81. The van der Waals surface area contributed by atoms with E-state index in [-0.39, 0.29) is 31.1 Å². The lowest BCUT2D eigenvalue weighted by atomic mass is 9.87. The zero-order valence-corrected chi connectivity index (χ0v) is 13.0. The Bertz CT molecular complexity index is 728. The van der Waals surface area contributed by atoms with Crippen LogP contribution in [0.5, 0.6) is 0 Å². The van der Waals surface area contributed by atoms with Crippen molar-refractivity contribution in [2.75, 3.05) is 6.54 Å². The van der Waals surface area contributed by atoms with E-state index in [1.54, 1.807) is 30.3 Å². The molecule has 1 aromatic carbocycles. The molecular formula is C18H18FNO4. The third-order valence-electron chi connectivity index (χ3n) is 4.44. The second-order valence-electron chi connectivity index (χ2n) is 5.87. The molecule has 24 heavy (non-hydrogen) atoms. The van der Waals surface area contributed by atoms with E-state index in [0.717, 1.165) is 0 Å². The first-order chi connectivity index (χ1) is 11.6. The molecule has 0 unspecified atom stereocenters. The number of hydrogen-bond acceptors (Lipinski definition) is 3. The molecule has 0 aliphatic carbocycles. The van der Waals surface area contributed by atoms with Gasteiger partial charge in [0, 0.05) is 13.0 Å². The van der Waals surface area contributed by atoms with Crippen LogP contribution in [0.4, 0.5) is 4.39 Å². The fraction of sp³-hybridized carbons (Fsp3) is 0.333. The van der Waals surface area contributed by atoms with Crippen LogP contribution in [0, 0.1) is 11.7 Å². The van der Waals surface area contributed by atoms with Crippen LogP contribution in [0.15, 0.2) is 47.1 Å². The third kappa shape index (κ3) is 3.18. The number of carboxylic acids is 1. The van der Waals surface area contributed by atoms with Crippen molar-refractivity contribution < 1.29 is 23.5 Å². The van der Waals surface area contributed by atoms with Crippen LogP contribution in [0.1, 0.15) is 30.2 Å². The Labute approximate surface area is 138 Å². The number of carbonyl (C=O) groups excluding carboxylic acids is 1. The van der Waals surface area contributed by atoms with Gasteiger partial charge in [-0.05, 0) is 36.6 Å². The van der Waals surface area contributed by atoms with E-state index in [1.165, 1.54) is 17.2 Å². The number of amides is 1. The van der Waals surface area contributed by atoms with Gasteiger partial charge < -0.3 is 14.4 Å². The predicted octanol–water partition coefficient (Wildman–Crippen LogP) is 3.03. The topological polar surface area (TPSA) is 70.8 Å². The minimum Gasteiger partial charge on any atom is -0.481 e. The summed E-state index contributed by atoms with van der Waals surface area (Å²) in [5.41, 5.74) is 0.501. The van der Waals surface area contributed by atoms with Crippen molar-refractivity contribution in [1.82, 2.24) is 4.90 Å². The number of carboxylic acid groups (broad SMARTS) is 1. The van der Waals surface area contributed by atoms with E-state index >= 15 is 0 Å². The van der Waals surface area contributed by atoms with E-state index in [0.29, 0.717) is 17.7 Å². The Morgan fingerprint density at radius 3 is 2.75 bits per heavy atom. The van der Waals surface area contributed by atoms with Gasteiger partial charge in [-0.3, -0.25) is 9.59 Å². The number of halogens is 1. The molecular weight excluding hydrogens is 313 g/mol. The first-order valence-electron chi connectivity index (χ1n) is 7.87. The number of nitrogens with zero attached hydrogens (tertiary/aromatic N) is 1. The number of aliphatic carboxylic acids is 1. The van der Waals surface area contributed by atoms with Gasteiger partial charge in [0.1, 0.15) is 17.6 Å². The summed E-state index contributed by atoms with van der Waals surface area (Å²) in [4.78, 5) is 25.5. The maximum absolute atomic E-state index is 13.8. The van der Waals surface area contributed by atoms with Crippen molar-refractivity contribution >= 4 is 11.9 Å². The van der Waals surface area contributed by atoms with Gasteiger partial charge in [-0.1, -0.05) is 18.2 Å². The van der Waals surface area contributed by atoms with E-state index in [4.69, 9.17) is 4.42 Å². The van der Waals surface area contributed by atoms with E-state index in [2.05, 4.69) is 0 Å². The van der Waals surface area contributed by atoms with Gasteiger partial charge in [-0.2, -0.15) is 0 Å². The van der Waals surface area contributed by atoms with Crippen LogP contribution in [0.25, 0.3) is 0 Å². The lowest BCUT2D eigenvalue weighted by Gasteiger charge is -2.38. The molecule has 1 aliphatic heterocycles. The molecule has 0 saturated carbocycles. The Balaban J connectivity index is 1.85. The standard InChI is InChI=1S/C18H18FNO4/c19-14-5-2-1-4-12(14)9-10-20-16(21)8-7-13(18(22)23)17(20)15-6-3-11-24-15/h1-6,11,13,17H,7-10H2,(H,22,23)/t13-,17+/m1/s1. The van der Waals surface area contributed by atoms with E-state index in [9.17, 15) is 19.1 Å². The highest BCUT2D eigenvalue weighted by Crippen LogP contribution is 2.37. The highest BCUT2D eigenvalue weighted by atomic mass is 19.1. The van der Waals surface area contributed by atoms with Gasteiger partial charge in [0.25, 0.3) is 0 Å². The number of hydrogen-bond donors (Lipinski definition) is 1. The van der Waals surface area contributed by atoms with Crippen molar-refractivity contribution in [3.8, 4) is 0 Å². The first kappa shape index (κ1) is 16.2. The highest BCUT2D eigenvalue weighted by Gasteiger charge is 2.42. The monoisotopic (exact) mass is 331 g/mol. The van der Waals surface area contributed by atoms with Crippen LogP contribution in [0.2, 0.25) is 0 Å². The Morgan fingerprint density at radius 2 is 2.08 bits per heavy atom. The summed E-state index contributed by atoms with van der Waals surface area (Å²) in [6.45, 7) is 0.245. The molecule has 1 N–H and O–H groups in total. The van der Waals surface area contributed by atoms with E-state index < -0.39 is 17.9 Å². The van der Waals surface area contributed by atoms with Crippen molar-refractivity contribution in [1.29, 1.82) is 0 Å². The molecule has 1 saturated heterocycles. The van der Waals surface area contributed by atoms with Gasteiger partial charge in [0.05, 0.1) is 12.2 Å². The minimum atomic E-state index is -0.959. The molecule has 0 spiro atoms. The van der Waals surface area contributed by atoms with Crippen LogP contribution >= 0.6 is 0 Å². The van der Waals surface area contributed by atoms with E-state index in [1.807, 2.05) is 0 Å². The van der Waals surface area contributed by atoms with Crippen LogP contribution < -0.4 is 0 Å². The molecule has 126 valence electrons. The molecule has 1 aliphatic rings. The van der Waals surface area contributed by atoms with Crippen molar-refractivity contribution in [3.05, 3.63) is 59.8 Å². The summed E-state index contributed by atoms with van der Waals surface area (Å²) >= 11 is 0. The normalized spacial score (nSPS) is 21.0. The smallest absolute Gasteiger partial charge is 0.309 e. The number of piperidine rings is 1. The van der Waals surface area contributed by atoms with Crippen molar-refractivity contribution in [2.45, 2.75) is 25.3 Å². The molecule has 5 nitrogen and oxygen atoms in total.